The molecule has 4 N–H and O–H groups in total. The summed E-state index contributed by atoms with van der Waals surface area (Å²) in [4.78, 5) is 21.6. The van der Waals surface area contributed by atoms with Crippen LogP contribution in [0.1, 0.15) is 35.4 Å². The van der Waals surface area contributed by atoms with Gasteiger partial charge in [-0.3, -0.25) is 4.79 Å². The topological polar surface area (TPSA) is 87.0 Å². The van der Waals surface area contributed by atoms with Crippen LogP contribution in [0.2, 0.25) is 0 Å². The largest absolute Gasteiger partial charge is 0.366 e. The number of para-hydroxylation sites is 1. The maximum atomic E-state index is 11.4. The number of aromatic nitrogens is 2. The van der Waals surface area contributed by atoms with Crippen LogP contribution in [0.25, 0.3) is 11.0 Å². The van der Waals surface area contributed by atoms with E-state index in [4.69, 9.17) is 5.73 Å². The van der Waals surface area contributed by atoms with Gasteiger partial charge in [0.2, 0.25) is 0 Å². The van der Waals surface area contributed by atoms with Crippen LogP contribution in [0, 0.1) is 0 Å². The molecule has 0 bridgehead atoms. The normalized spacial score (nSPS) is 15.6. The number of imidazole rings is 1. The molecule has 1 amide bonds. The Morgan fingerprint density at radius 1 is 1.36 bits per heavy atom. The van der Waals surface area contributed by atoms with E-state index in [-0.39, 0.29) is 0 Å². The first-order valence-electron chi connectivity index (χ1n) is 7.94. The van der Waals surface area contributed by atoms with Crippen molar-refractivity contribution in [1.29, 1.82) is 0 Å². The van der Waals surface area contributed by atoms with Gasteiger partial charge in [-0.25, -0.2) is 4.98 Å². The Bertz CT molecular complexity index is 645. The lowest BCUT2D eigenvalue weighted by molar-refractivity contribution is 0.100. The van der Waals surface area contributed by atoms with Gasteiger partial charge in [-0.05, 0) is 57.6 Å². The van der Waals surface area contributed by atoms with E-state index in [1.54, 1.807) is 6.07 Å². The van der Waals surface area contributed by atoms with Crippen molar-refractivity contribution >= 4 is 16.9 Å². The first-order chi connectivity index (χ1) is 10.7. The Hall–Kier alpha value is -1.92. The van der Waals surface area contributed by atoms with Gasteiger partial charge in [0, 0.05) is 0 Å². The van der Waals surface area contributed by atoms with Crippen molar-refractivity contribution in [2.24, 2.45) is 5.73 Å². The van der Waals surface area contributed by atoms with Gasteiger partial charge in [-0.1, -0.05) is 6.07 Å². The van der Waals surface area contributed by atoms with E-state index in [0.29, 0.717) is 17.6 Å². The number of hydrogen-bond acceptors (Lipinski definition) is 4. The van der Waals surface area contributed by atoms with Gasteiger partial charge in [-0.2, -0.15) is 0 Å². The highest BCUT2D eigenvalue weighted by Crippen LogP contribution is 2.16. The van der Waals surface area contributed by atoms with Gasteiger partial charge in [-0.15, -0.1) is 0 Å². The monoisotopic (exact) mass is 301 g/mol. The first-order valence-corrected chi connectivity index (χ1v) is 7.94. The molecular weight excluding hydrogens is 278 g/mol. The molecule has 2 aromatic rings. The number of H-pyrrole nitrogens is 1. The number of primary amides is 1. The summed E-state index contributed by atoms with van der Waals surface area (Å²) in [7, 11) is 0. The molecule has 0 radical (unpaired) electrons. The van der Waals surface area contributed by atoms with Crippen molar-refractivity contribution in [3.8, 4) is 0 Å². The molecule has 0 spiro atoms. The summed E-state index contributed by atoms with van der Waals surface area (Å²) < 4.78 is 0. The number of amides is 1. The average Bonchev–Trinajstić information content (AvgIpc) is 3.14. The van der Waals surface area contributed by atoms with Gasteiger partial charge >= 0.3 is 0 Å². The number of carbonyl (C=O) groups is 1. The Kier molecular flexibility index (Phi) is 4.70. The number of likely N-dealkylation sites (tertiary alicyclic amines) is 1. The zero-order chi connectivity index (χ0) is 15.4. The second-order valence-electron chi connectivity index (χ2n) is 5.83. The lowest BCUT2D eigenvalue weighted by atomic mass is 10.2. The minimum absolute atomic E-state index is 0.442. The highest BCUT2D eigenvalue weighted by Gasteiger charge is 2.11. The molecule has 1 aliphatic rings. The van der Waals surface area contributed by atoms with Crippen LogP contribution in [0.3, 0.4) is 0 Å². The molecule has 1 fully saturated rings. The maximum absolute atomic E-state index is 11.4. The molecule has 1 aromatic carbocycles. The number of nitrogens with one attached hydrogen (secondary N) is 2. The van der Waals surface area contributed by atoms with Crippen molar-refractivity contribution in [2.45, 2.75) is 25.8 Å². The van der Waals surface area contributed by atoms with Crippen molar-refractivity contribution in [3.05, 3.63) is 29.6 Å². The summed E-state index contributed by atoms with van der Waals surface area (Å²) in [6.45, 7) is 5.31. The summed E-state index contributed by atoms with van der Waals surface area (Å²) in [5, 5.41) is 3.40. The molecule has 1 aromatic heterocycles. The van der Waals surface area contributed by atoms with E-state index >= 15 is 0 Å². The predicted octanol–water partition coefficient (Wildman–Crippen LogP) is 1.24. The Labute approximate surface area is 130 Å². The Morgan fingerprint density at radius 3 is 2.95 bits per heavy atom. The third-order valence-electron chi connectivity index (χ3n) is 4.15. The van der Waals surface area contributed by atoms with Crippen LogP contribution in [-0.2, 0) is 6.54 Å². The third kappa shape index (κ3) is 3.45. The van der Waals surface area contributed by atoms with Gasteiger partial charge in [0.15, 0.2) is 0 Å². The fourth-order valence-corrected chi connectivity index (χ4v) is 3.01. The molecule has 6 nitrogen and oxygen atoms in total. The zero-order valence-electron chi connectivity index (χ0n) is 12.8. The molecule has 0 saturated carbocycles. The first kappa shape index (κ1) is 15.0. The van der Waals surface area contributed by atoms with E-state index in [1.807, 2.05) is 12.1 Å². The van der Waals surface area contributed by atoms with E-state index in [2.05, 4.69) is 20.2 Å². The van der Waals surface area contributed by atoms with Crippen LogP contribution in [0.15, 0.2) is 18.2 Å². The zero-order valence-corrected chi connectivity index (χ0v) is 12.8. The highest BCUT2D eigenvalue weighted by atomic mass is 16.1. The fourth-order valence-electron chi connectivity index (χ4n) is 3.01. The van der Waals surface area contributed by atoms with Gasteiger partial charge in [0.25, 0.3) is 5.91 Å². The third-order valence-corrected chi connectivity index (χ3v) is 4.15. The number of nitrogens with zero attached hydrogens (tertiary/aromatic N) is 2. The van der Waals surface area contributed by atoms with Gasteiger partial charge in [0.1, 0.15) is 11.3 Å². The number of hydrogen-bond donors (Lipinski definition) is 3. The molecule has 6 heteroatoms. The highest BCUT2D eigenvalue weighted by molar-refractivity contribution is 6.03. The second-order valence-corrected chi connectivity index (χ2v) is 5.83. The molecule has 1 aliphatic heterocycles. The molecule has 0 aliphatic carbocycles. The van der Waals surface area contributed by atoms with Crippen molar-refractivity contribution in [3.63, 3.8) is 0 Å². The lowest BCUT2D eigenvalue weighted by Crippen LogP contribution is -2.24. The minimum atomic E-state index is -0.442. The summed E-state index contributed by atoms with van der Waals surface area (Å²) in [5.74, 6) is 0.395. The molecule has 0 atom stereocenters. The van der Waals surface area contributed by atoms with Gasteiger partial charge in [0.05, 0.1) is 17.6 Å². The quantitative estimate of drug-likeness (QED) is 0.671. The van der Waals surface area contributed by atoms with Gasteiger partial charge < -0.3 is 20.9 Å². The molecule has 0 unspecified atom stereocenters. The summed E-state index contributed by atoms with van der Waals surface area (Å²) in [6, 6.07) is 5.43. The minimum Gasteiger partial charge on any atom is -0.366 e. The van der Waals surface area contributed by atoms with E-state index in [0.717, 1.165) is 24.3 Å². The summed E-state index contributed by atoms with van der Waals surface area (Å²) >= 11 is 0. The smallest absolute Gasteiger partial charge is 0.250 e. The predicted molar refractivity (Wildman–Crippen MR) is 86.6 cm³/mol. The Balaban J connectivity index is 1.51. The van der Waals surface area contributed by atoms with E-state index in [1.165, 1.54) is 32.5 Å². The standard InChI is InChI=1S/C16H23N5O/c17-16(22)12-5-3-6-13-15(12)20-14(19-13)11-18-7-4-10-21-8-1-2-9-21/h3,5-6,18H,1-2,4,7-11H2,(H2,17,22)(H,19,20). The van der Waals surface area contributed by atoms with Crippen LogP contribution >= 0.6 is 0 Å². The average molecular weight is 301 g/mol. The van der Waals surface area contributed by atoms with Crippen molar-refractivity contribution in [1.82, 2.24) is 20.2 Å². The van der Waals surface area contributed by atoms with E-state index < -0.39 is 5.91 Å². The van der Waals surface area contributed by atoms with Crippen LogP contribution in [0.5, 0.6) is 0 Å². The number of carbonyl (C=O) groups excluding carboxylic acids is 1. The van der Waals surface area contributed by atoms with Crippen LogP contribution in [-0.4, -0.2) is 47.0 Å². The van der Waals surface area contributed by atoms with Crippen molar-refractivity contribution in [2.75, 3.05) is 26.2 Å². The number of nitrogens with two attached hydrogens (primary N) is 1. The maximum Gasteiger partial charge on any atom is 0.250 e. The summed E-state index contributed by atoms with van der Waals surface area (Å²) in [5.41, 5.74) is 7.35. The molecule has 2 heterocycles. The fraction of sp³-hybridized carbons (Fsp3) is 0.500. The van der Waals surface area contributed by atoms with Crippen molar-refractivity contribution < 1.29 is 4.79 Å². The van der Waals surface area contributed by atoms with Crippen LogP contribution < -0.4 is 11.1 Å². The number of benzene rings is 1. The van der Waals surface area contributed by atoms with E-state index in [9.17, 15) is 4.79 Å². The molecular formula is C16H23N5O. The molecule has 118 valence electrons. The Morgan fingerprint density at radius 2 is 2.18 bits per heavy atom. The number of rotatable bonds is 7. The molecule has 22 heavy (non-hydrogen) atoms. The summed E-state index contributed by atoms with van der Waals surface area (Å²) in [6.07, 6.45) is 3.83. The van der Waals surface area contributed by atoms with Crippen LogP contribution in [0.4, 0.5) is 0 Å². The lowest BCUT2D eigenvalue weighted by Gasteiger charge is -2.13. The second kappa shape index (κ2) is 6.89. The number of fused-ring (bicyclic) bond motifs is 1. The molecule has 3 rings (SSSR count). The number of aromatic amines is 1. The SMILES string of the molecule is NC(=O)c1cccc2[nH]c(CNCCCN3CCCC3)nc12. The molecule has 1 saturated heterocycles.